The molecule has 0 saturated heterocycles. The molecule has 0 saturated carbocycles. The minimum absolute atomic E-state index is 0.0188. The molecule has 2 N–H and O–H groups in total. The van der Waals surface area contributed by atoms with E-state index in [4.69, 9.17) is 14.3 Å². The molecule has 0 radical (unpaired) electrons. The number of aryl methyl sites for hydroxylation is 1. The summed E-state index contributed by atoms with van der Waals surface area (Å²) in [5.74, 6) is -1.84. The second kappa shape index (κ2) is 6.95. The average Bonchev–Trinajstić information content (AvgIpc) is 2.88. The molecule has 1 heterocycles. The Hall–Kier alpha value is -2.83. The molecule has 0 fully saturated rings. The first-order valence-electron chi connectivity index (χ1n) is 6.96. The van der Waals surface area contributed by atoms with Crippen LogP contribution >= 0.6 is 0 Å². The van der Waals surface area contributed by atoms with Crippen LogP contribution in [0.5, 0.6) is 5.75 Å². The third-order valence-electron chi connectivity index (χ3n) is 3.12. The van der Waals surface area contributed by atoms with E-state index in [1.165, 1.54) is 31.2 Å². The molecule has 122 valence electrons. The first kappa shape index (κ1) is 16.5. The van der Waals surface area contributed by atoms with Gasteiger partial charge in [-0.05, 0) is 32.0 Å². The Bertz CT molecular complexity index is 738. The molecule has 2 aromatic rings. The lowest BCUT2D eigenvalue weighted by Crippen LogP contribution is -2.23. The van der Waals surface area contributed by atoms with Crippen LogP contribution in [-0.2, 0) is 6.54 Å². The van der Waals surface area contributed by atoms with Crippen molar-refractivity contribution in [3.05, 3.63) is 52.7 Å². The first-order valence-corrected chi connectivity index (χ1v) is 6.96. The molecular weight excluding hydrogens is 305 g/mol. The van der Waals surface area contributed by atoms with Gasteiger partial charge in [-0.15, -0.1) is 0 Å². The van der Waals surface area contributed by atoms with Gasteiger partial charge in [-0.3, -0.25) is 4.79 Å². The zero-order valence-electron chi connectivity index (χ0n) is 12.7. The predicted octanol–water partition coefficient (Wildman–Crippen LogP) is 2.75. The van der Waals surface area contributed by atoms with Crippen molar-refractivity contribution < 1.29 is 28.2 Å². The molecule has 0 aliphatic heterocycles. The van der Waals surface area contributed by atoms with E-state index in [9.17, 15) is 14.0 Å². The van der Waals surface area contributed by atoms with Gasteiger partial charge >= 0.3 is 5.97 Å². The van der Waals surface area contributed by atoms with Crippen LogP contribution in [0.1, 0.15) is 39.2 Å². The number of hydrogen-bond acceptors (Lipinski definition) is 4. The summed E-state index contributed by atoms with van der Waals surface area (Å²) in [6.07, 6.45) is 0. The fourth-order valence-electron chi connectivity index (χ4n) is 2.08. The summed E-state index contributed by atoms with van der Waals surface area (Å²) in [6.45, 7) is 3.41. The number of carbonyl (C=O) groups is 2. The van der Waals surface area contributed by atoms with Crippen molar-refractivity contribution in [3.8, 4) is 5.75 Å². The highest BCUT2D eigenvalue weighted by atomic mass is 19.1. The number of amides is 1. The Balaban J connectivity index is 2.13. The third-order valence-corrected chi connectivity index (χ3v) is 3.12. The lowest BCUT2D eigenvalue weighted by Gasteiger charge is -2.10. The van der Waals surface area contributed by atoms with E-state index >= 15 is 0 Å². The number of furan rings is 1. The molecule has 2 rings (SSSR count). The summed E-state index contributed by atoms with van der Waals surface area (Å²) < 4.78 is 24.1. The van der Waals surface area contributed by atoms with E-state index < -0.39 is 17.7 Å². The van der Waals surface area contributed by atoms with Crippen molar-refractivity contribution in [3.63, 3.8) is 0 Å². The second-order valence-corrected chi connectivity index (χ2v) is 4.72. The Morgan fingerprint density at radius 1 is 1.35 bits per heavy atom. The fourth-order valence-corrected chi connectivity index (χ4v) is 2.08. The van der Waals surface area contributed by atoms with Gasteiger partial charge < -0.3 is 19.6 Å². The van der Waals surface area contributed by atoms with Gasteiger partial charge in [0, 0.05) is 0 Å². The van der Waals surface area contributed by atoms with Crippen LogP contribution in [0.2, 0.25) is 0 Å². The van der Waals surface area contributed by atoms with Gasteiger partial charge in [-0.1, -0.05) is 6.07 Å². The van der Waals surface area contributed by atoms with Crippen molar-refractivity contribution in [2.24, 2.45) is 0 Å². The SMILES string of the molecule is CCOc1c(F)cccc1C(=O)NCc1cc(C(=O)O)c(C)o1. The van der Waals surface area contributed by atoms with Gasteiger partial charge in [0.25, 0.3) is 5.91 Å². The van der Waals surface area contributed by atoms with Crippen LogP contribution in [-0.4, -0.2) is 23.6 Å². The van der Waals surface area contributed by atoms with Crippen LogP contribution in [0.3, 0.4) is 0 Å². The number of carbonyl (C=O) groups excluding carboxylic acids is 1. The standard InChI is InChI=1S/C16H16FNO5/c1-3-22-14-11(5-4-6-13(14)17)15(19)18-8-10-7-12(16(20)21)9(2)23-10/h4-7H,3,8H2,1-2H3,(H,18,19)(H,20,21). The van der Waals surface area contributed by atoms with Gasteiger partial charge in [0.05, 0.1) is 18.7 Å². The largest absolute Gasteiger partial charge is 0.490 e. The van der Waals surface area contributed by atoms with Crippen LogP contribution < -0.4 is 10.1 Å². The summed E-state index contributed by atoms with van der Waals surface area (Å²) in [4.78, 5) is 23.1. The lowest BCUT2D eigenvalue weighted by atomic mass is 10.1. The summed E-state index contributed by atoms with van der Waals surface area (Å²) in [5.41, 5.74) is 0.101. The molecule has 1 aromatic carbocycles. The molecule has 0 bridgehead atoms. The van der Waals surface area contributed by atoms with E-state index in [1.54, 1.807) is 6.92 Å². The summed E-state index contributed by atoms with van der Waals surface area (Å²) >= 11 is 0. The number of carboxylic acid groups (broad SMARTS) is 1. The van der Waals surface area contributed by atoms with Gasteiger partial charge in [-0.25, -0.2) is 9.18 Å². The zero-order chi connectivity index (χ0) is 17.0. The van der Waals surface area contributed by atoms with Crippen molar-refractivity contribution >= 4 is 11.9 Å². The number of carboxylic acids is 1. The minimum atomic E-state index is -1.10. The highest BCUT2D eigenvalue weighted by Crippen LogP contribution is 2.23. The maximum atomic E-state index is 13.7. The normalized spacial score (nSPS) is 10.4. The monoisotopic (exact) mass is 321 g/mol. The summed E-state index contributed by atoms with van der Waals surface area (Å²) in [7, 11) is 0. The van der Waals surface area contributed by atoms with Crippen LogP contribution in [0.4, 0.5) is 4.39 Å². The van der Waals surface area contributed by atoms with Gasteiger partial charge in [0.15, 0.2) is 11.6 Å². The summed E-state index contributed by atoms with van der Waals surface area (Å²) in [5, 5.41) is 11.5. The average molecular weight is 321 g/mol. The van der Waals surface area contributed by atoms with Crippen LogP contribution in [0, 0.1) is 12.7 Å². The number of aromatic carboxylic acids is 1. The molecular formula is C16H16FNO5. The van der Waals surface area contributed by atoms with Crippen molar-refractivity contribution in [1.29, 1.82) is 0 Å². The predicted molar refractivity (Wildman–Crippen MR) is 79.1 cm³/mol. The van der Waals surface area contributed by atoms with E-state index in [0.29, 0.717) is 5.76 Å². The number of halogens is 1. The lowest BCUT2D eigenvalue weighted by molar-refractivity contribution is 0.0694. The van der Waals surface area contributed by atoms with Crippen LogP contribution in [0.15, 0.2) is 28.7 Å². The molecule has 1 amide bonds. The van der Waals surface area contributed by atoms with Crippen molar-refractivity contribution in [2.45, 2.75) is 20.4 Å². The number of ether oxygens (including phenoxy) is 1. The van der Waals surface area contributed by atoms with Gasteiger partial charge in [0.2, 0.25) is 0 Å². The van der Waals surface area contributed by atoms with Crippen LogP contribution in [0.25, 0.3) is 0 Å². The topological polar surface area (TPSA) is 88.8 Å². The number of para-hydroxylation sites is 1. The Labute approximate surface area is 131 Å². The van der Waals surface area contributed by atoms with E-state index in [-0.39, 0.29) is 35.8 Å². The van der Waals surface area contributed by atoms with Gasteiger partial charge in [0.1, 0.15) is 17.1 Å². The molecule has 6 nitrogen and oxygen atoms in total. The highest BCUT2D eigenvalue weighted by Gasteiger charge is 2.18. The molecule has 0 unspecified atom stereocenters. The minimum Gasteiger partial charge on any atom is -0.490 e. The third kappa shape index (κ3) is 3.68. The number of benzene rings is 1. The van der Waals surface area contributed by atoms with Crippen molar-refractivity contribution in [1.82, 2.24) is 5.32 Å². The maximum absolute atomic E-state index is 13.7. The Morgan fingerprint density at radius 3 is 2.70 bits per heavy atom. The second-order valence-electron chi connectivity index (χ2n) is 4.72. The maximum Gasteiger partial charge on any atom is 0.339 e. The smallest absolute Gasteiger partial charge is 0.339 e. The summed E-state index contributed by atoms with van der Waals surface area (Å²) in [6, 6.07) is 5.40. The van der Waals surface area contributed by atoms with E-state index in [2.05, 4.69) is 5.32 Å². The Kier molecular flexibility index (Phi) is 5.00. The fraction of sp³-hybridized carbons (Fsp3) is 0.250. The van der Waals surface area contributed by atoms with E-state index in [0.717, 1.165) is 0 Å². The Morgan fingerprint density at radius 2 is 2.09 bits per heavy atom. The van der Waals surface area contributed by atoms with Crippen molar-refractivity contribution in [2.75, 3.05) is 6.61 Å². The molecule has 7 heteroatoms. The zero-order valence-corrected chi connectivity index (χ0v) is 12.7. The quantitative estimate of drug-likeness (QED) is 0.854. The molecule has 23 heavy (non-hydrogen) atoms. The van der Waals surface area contributed by atoms with E-state index in [1.807, 2.05) is 0 Å². The molecule has 1 aromatic heterocycles. The van der Waals surface area contributed by atoms with Gasteiger partial charge in [-0.2, -0.15) is 0 Å². The number of nitrogens with one attached hydrogen (secondary N) is 1. The molecule has 0 spiro atoms. The highest BCUT2D eigenvalue weighted by molar-refractivity contribution is 5.97. The molecule has 0 aliphatic rings. The number of hydrogen-bond donors (Lipinski definition) is 2. The molecule has 0 aliphatic carbocycles. The molecule has 0 atom stereocenters. The first-order chi connectivity index (χ1) is 10.9. The number of rotatable bonds is 6.